The lowest BCUT2D eigenvalue weighted by molar-refractivity contribution is 0.186. The topological polar surface area (TPSA) is 65.4 Å². The maximum Gasteiger partial charge on any atom is 0.272 e. The van der Waals surface area contributed by atoms with E-state index in [4.69, 9.17) is 16.6 Å². The second-order valence-electron chi connectivity index (χ2n) is 8.73. The fourth-order valence-electron chi connectivity index (χ4n) is 5.09. The van der Waals surface area contributed by atoms with Gasteiger partial charge in [0.1, 0.15) is 0 Å². The van der Waals surface area contributed by atoms with Crippen molar-refractivity contribution < 1.29 is 0 Å². The summed E-state index contributed by atoms with van der Waals surface area (Å²) in [5.74, 6) is 0. The van der Waals surface area contributed by atoms with E-state index in [2.05, 4.69) is 21.4 Å². The van der Waals surface area contributed by atoms with Crippen molar-refractivity contribution in [3.05, 3.63) is 68.7 Å². The van der Waals surface area contributed by atoms with Crippen molar-refractivity contribution in [3.63, 3.8) is 0 Å². The number of hydrogen-bond donors (Lipinski definition) is 2. The van der Waals surface area contributed by atoms with E-state index >= 15 is 0 Å². The Morgan fingerprint density at radius 3 is 2.83 bits per heavy atom. The second-order valence-corrected chi connectivity index (χ2v) is 9.13. The minimum Gasteiger partial charge on any atom is -0.316 e. The van der Waals surface area contributed by atoms with E-state index in [-0.39, 0.29) is 11.0 Å². The molecule has 1 saturated carbocycles. The van der Waals surface area contributed by atoms with E-state index in [1.165, 1.54) is 12.8 Å². The van der Waals surface area contributed by atoms with Crippen LogP contribution in [0.4, 0.5) is 0 Å². The van der Waals surface area contributed by atoms with Crippen molar-refractivity contribution in [1.82, 2.24) is 24.8 Å². The van der Waals surface area contributed by atoms with Crippen LogP contribution in [-0.2, 0) is 12.0 Å². The fraction of sp³-hybridized carbons (Fsp3) is 0.478. The van der Waals surface area contributed by atoms with Crippen molar-refractivity contribution in [2.75, 3.05) is 20.1 Å². The number of rotatable bonds is 5. The summed E-state index contributed by atoms with van der Waals surface area (Å²) < 4.78 is 1.57. The lowest BCUT2D eigenvalue weighted by atomic mass is 9.62. The van der Waals surface area contributed by atoms with Gasteiger partial charge in [-0.2, -0.15) is 0 Å². The van der Waals surface area contributed by atoms with Crippen LogP contribution in [0.15, 0.2) is 41.2 Å². The first-order chi connectivity index (χ1) is 14.6. The molecular formula is C23H28ClN5O. The zero-order valence-corrected chi connectivity index (χ0v) is 18.1. The monoisotopic (exact) mass is 425 g/mol. The number of benzene rings is 1. The van der Waals surface area contributed by atoms with Crippen LogP contribution in [0.1, 0.15) is 49.1 Å². The lowest BCUT2D eigenvalue weighted by Crippen LogP contribution is -2.44. The van der Waals surface area contributed by atoms with Gasteiger partial charge < -0.3 is 5.32 Å². The van der Waals surface area contributed by atoms with Gasteiger partial charge >= 0.3 is 0 Å². The van der Waals surface area contributed by atoms with Gasteiger partial charge in [-0.05, 0) is 50.9 Å². The highest BCUT2D eigenvalue weighted by Gasteiger charge is 2.43. The molecule has 0 spiro atoms. The number of piperidine rings is 1. The normalized spacial score (nSPS) is 21.6. The number of nitrogens with zero attached hydrogens (tertiary/aromatic N) is 3. The Kier molecular flexibility index (Phi) is 5.17. The zero-order chi connectivity index (χ0) is 20.7. The molecule has 3 heterocycles. The summed E-state index contributed by atoms with van der Waals surface area (Å²) in [6.45, 7) is 2.75. The van der Waals surface area contributed by atoms with Gasteiger partial charge in [0.05, 0.1) is 5.69 Å². The number of aromatic nitrogens is 3. The smallest absolute Gasteiger partial charge is 0.272 e. The Hall–Kier alpha value is -2.15. The first kappa shape index (κ1) is 19.8. The van der Waals surface area contributed by atoms with Gasteiger partial charge in [0.25, 0.3) is 5.56 Å². The van der Waals surface area contributed by atoms with Crippen LogP contribution in [0.2, 0.25) is 5.02 Å². The van der Waals surface area contributed by atoms with Crippen molar-refractivity contribution in [2.24, 2.45) is 0 Å². The molecule has 1 unspecified atom stereocenters. The molecule has 1 atom stereocenters. The van der Waals surface area contributed by atoms with Crippen molar-refractivity contribution >= 4 is 17.2 Å². The molecule has 0 radical (unpaired) electrons. The molecule has 2 aliphatic rings. The third kappa shape index (κ3) is 3.37. The van der Waals surface area contributed by atoms with E-state index in [1.807, 2.05) is 31.3 Å². The first-order valence-corrected chi connectivity index (χ1v) is 11.2. The quantitative estimate of drug-likeness (QED) is 0.658. The minimum atomic E-state index is -0.161. The molecule has 2 fully saturated rings. The third-order valence-electron chi connectivity index (χ3n) is 6.91. The predicted molar refractivity (Wildman–Crippen MR) is 119 cm³/mol. The summed E-state index contributed by atoms with van der Waals surface area (Å²) in [6.07, 6.45) is 5.55. The Bertz CT molecular complexity index is 1120. The lowest BCUT2D eigenvalue weighted by Gasteiger charge is -2.42. The van der Waals surface area contributed by atoms with E-state index in [1.54, 1.807) is 10.6 Å². The van der Waals surface area contributed by atoms with Crippen LogP contribution in [0.5, 0.6) is 0 Å². The van der Waals surface area contributed by atoms with Crippen molar-refractivity contribution in [1.29, 1.82) is 0 Å². The molecule has 30 heavy (non-hydrogen) atoms. The maximum atomic E-state index is 12.8. The molecule has 2 N–H and O–H groups in total. The number of likely N-dealkylation sites (N-methyl/N-ethyl adjacent to an activating group) is 1. The summed E-state index contributed by atoms with van der Waals surface area (Å²) in [7, 11) is 2.02. The first-order valence-electron chi connectivity index (χ1n) is 10.9. The molecule has 1 aliphatic heterocycles. The summed E-state index contributed by atoms with van der Waals surface area (Å²) in [6, 6.07) is 12.3. The van der Waals surface area contributed by atoms with Gasteiger partial charge in [0, 0.05) is 47.4 Å². The standard InChI is InChI=1S/C23H28ClN5O/c1-25-16-6-4-11-28(14-16)15-17-12-22(30)29-21(26-17)13-20(27-29)23(9-5-10-23)18-7-2-3-8-19(18)24/h2-3,7-8,12-13,16,25,27H,4-6,9-11,14-15H2,1H3. The maximum absolute atomic E-state index is 12.8. The minimum absolute atomic E-state index is 0.0583. The van der Waals surface area contributed by atoms with E-state index in [0.29, 0.717) is 18.2 Å². The van der Waals surface area contributed by atoms with E-state index < -0.39 is 0 Å². The van der Waals surface area contributed by atoms with Gasteiger partial charge in [-0.1, -0.05) is 36.2 Å². The van der Waals surface area contributed by atoms with Crippen LogP contribution in [0.25, 0.3) is 5.65 Å². The second kappa shape index (κ2) is 7.84. The van der Waals surface area contributed by atoms with Crippen LogP contribution in [0.3, 0.4) is 0 Å². The van der Waals surface area contributed by atoms with Gasteiger partial charge in [-0.15, -0.1) is 0 Å². The molecule has 0 bridgehead atoms. The molecule has 2 aromatic heterocycles. The number of aromatic amines is 1. The van der Waals surface area contributed by atoms with Crippen LogP contribution in [0, 0.1) is 0 Å². The number of halogens is 1. The molecule has 7 heteroatoms. The highest BCUT2D eigenvalue weighted by atomic mass is 35.5. The summed E-state index contributed by atoms with van der Waals surface area (Å²) in [4.78, 5) is 20.1. The van der Waals surface area contributed by atoms with Gasteiger partial charge in [-0.3, -0.25) is 14.8 Å². The fourth-order valence-corrected chi connectivity index (χ4v) is 5.41. The number of hydrogen-bond acceptors (Lipinski definition) is 4. The Morgan fingerprint density at radius 2 is 2.10 bits per heavy atom. The third-order valence-corrected chi connectivity index (χ3v) is 7.24. The molecule has 1 saturated heterocycles. The average Bonchev–Trinajstić information content (AvgIpc) is 3.13. The van der Waals surface area contributed by atoms with Crippen LogP contribution < -0.4 is 10.9 Å². The Labute approximate surface area is 181 Å². The average molecular weight is 426 g/mol. The molecule has 6 nitrogen and oxygen atoms in total. The SMILES string of the molecule is CNC1CCCN(Cc2cc(=O)n3[nH]c(C4(c5ccccc5Cl)CCC4)cc3n2)C1. The number of likely N-dealkylation sites (tertiary alicyclic amines) is 1. The van der Waals surface area contributed by atoms with Gasteiger partial charge in [0.2, 0.25) is 0 Å². The molecule has 5 rings (SSSR count). The Balaban J connectivity index is 1.48. The van der Waals surface area contributed by atoms with Crippen LogP contribution >= 0.6 is 11.6 Å². The molecule has 158 valence electrons. The molecule has 1 aromatic carbocycles. The summed E-state index contributed by atoms with van der Waals surface area (Å²) in [5.41, 5.74) is 3.46. The molecule has 3 aromatic rings. The Morgan fingerprint density at radius 1 is 1.27 bits per heavy atom. The van der Waals surface area contributed by atoms with Gasteiger partial charge in [-0.25, -0.2) is 9.50 Å². The largest absolute Gasteiger partial charge is 0.316 e. The zero-order valence-electron chi connectivity index (χ0n) is 17.3. The number of fused-ring (bicyclic) bond motifs is 1. The molecule has 0 amide bonds. The molecular weight excluding hydrogens is 398 g/mol. The molecule has 1 aliphatic carbocycles. The summed E-state index contributed by atoms with van der Waals surface area (Å²) >= 11 is 6.55. The van der Waals surface area contributed by atoms with Crippen molar-refractivity contribution in [3.8, 4) is 0 Å². The predicted octanol–water partition coefficient (Wildman–Crippen LogP) is 3.33. The van der Waals surface area contributed by atoms with E-state index in [9.17, 15) is 4.79 Å². The highest BCUT2D eigenvalue weighted by Crippen LogP contribution is 2.50. The number of nitrogens with one attached hydrogen (secondary N) is 2. The number of H-pyrrole nitrogens is 1. The van der Waals surface area contributed by atoms with E-state index in [0.717, 1.165) is 54.3 Å². The summed E-state index contributed by atoms with van der Waals surface area (Å²) in [5, 5.41) is 7.49. The van der Waals surface area contributed by atoms with Crippen molar-refractivity contribution in [2.45, 2.75) is 50.1 Å². The van der Waals surface area contributed by atoms with Gasteiger partial charge in [0.15, 0.2) is 5.65 Å². The highest BCUT2D eigenvalue weighted by molar-refractivity contribution is 6.31. The van der Waals surface area contributed by atoms with Crippen LogP contribution in [-0.4, -0.2) is 45.7 Å².